The van der Waals surface area contributed by atoms with E-state index in [2.05, 4.69) is 23.9 Å². The van der Waals surface area contributed by atoms with Crippen molar-refractivity contribution >= 4 is 28.7 Å². The van der Waals surface area contributed by atoms with Crippen LogP contribution < -0.4 is 0 Å². The number of rotatable bonds is 3. The average Bonchev–Trinajstić information content (AvgIpc) is 3.30. The van der Waals surface area contributed by atoms with Crippen molar-refractivity contribution in [3.05, 3.63) is 54.2 Å². The minimum atomic E-state index is -0.0249. The fourth-order valence-corrected chi connectivity index (χ4v) is 3.43. The van der Waals surface area contributed by atoms with E-state index in [0.717, 1.165) is 28.3 Å². The van der Waals surface area contributed by atoms with Gasteiger partial charge < -0.3 is 9.42 Å². The number of carbonyl (C=O) groups is 1. The zero-order valence-corrected chi connectivity index (χ0v) is 14.3. The second-order valence-corrected chi connectivity index (χ2v) is 6.60. The van der Waals surface area contributed by atoms with Gasteiger partial charge in [0, 0.05) is 36.6 Å². The molecule has 9 heteroatoms. The van der Waals surface area contributed by atoms with Crippen LogP contribution >= 0.6 is 11.7 Å². The molecule has 1 aliphatic rings. The minimum Gasteiger partial charge on any atom is -0.339 e. The summed E-state index contributed by atoms with van der Waals surface area (Å²) in [5.74, 6) is 1.09. The first-order valence-corrected chi connectivity index (χ1v) is 8.76. The van der Waals surface area contributed by atoms with E-state index >= 15 is 0 Å². The zero-order chi connectivity index (χ0) is 17.5. The molecular formula is C17H12N6O2S. The van der Waals surface area contributed by atoms with Crippen molar-refractivity contribution in [1.82, 2.24) is 28.8 Å². The molecule has 1 aromatic carbocycles. The standard InChI is InChI=1S/C17H12N6O2S/c24-17(10-3-4-13-14(6-10)22-26-21-13)23-8-12(9-23)16-19-15(20-25-16)11-2-1-5-18-7-11/h1-7,12H,8-9H2. The summed E-state index contributed by atoms with van der Waals surface area (Å²) in [6.45, 7) is 1.11. The van der Waals surface area contributed by atoms with E-state index in [4.69, 9.17) is 4.52 Å². The van der Waals surface area contributed by atoms with Crippen molar-refractivity contribution in [2.75, 3.05) is 13.1 Å². The second-order valence-electron chi connectivity index (χ2n) is 6.07. The number of benzene rings is 1. The van der Waals surface area contributed by atoms with Crippen LogP contribution in [-0.4, -0.2) is 47.8 Å². The largest absolute Gasteiger partial charge is 0.339 e. The minimum absolute atomic E-state index is 0.0249. The van der Waals surface area contributed by atoms with E-state index in [-0.39, 0.29) is 11.8 Å². The fourth-order valence-electron chi connectivity index (χ4n) is 2.91. The Labute approximate surface area is 151 Å². The Hall–Kier alpha value is -3.20. The van der Waals surface area contributed by atoms with Crippen LogP contribution in [0.1, 0.15) is 22.2 Å². The number of hydrogen-bond donors (Lipinski definition) is 0. The molecule has 0 N–H and O–H groups in total. The van der Waals surface area contributed by atoms with Crippen LogP contribution in [0, 0.1) is 0 Å². The molecule has 1 fully saturated rings. The van der Waals surface area contributed by atoms with Gasteiger partial charge in [0.25, 0.3) is 5.91 Å². The van der Waals surface area contributed by atoms with Crippen molar-refractivity contribution in [2.24, 2.45) is 0 Å². The lowest BCUT2D eigenvalue weighted by Gasteiger charge is -2.37. The van der Waals surface area contributed by atoms with Crippen molar-refractivity contribution in [2.45, 2.75) is 5.92 Å². The summed E-state index contributed by atoms with van der Waals surface area (Å²) in [6, 6.07) is 9.08. The molecule has 0 unspecified atom stereocenters. The molecule has 0 atom stereocenters. The van der Waals surface area contributed by atoms with E-state index in [1.54, 1.807) is 29.4 Å². The number of nitrogens with zero attached hydrogens (tertiary/aromatic N) is 6. The van der Waals surface area contributed by atoms with Crippen LogP contribution in [0.15, 0.2) is 47.2 Å². The molecule has 26 heavy (non-hydrogen) atoms. The Morgan fingerprint density at radius 3 is 2.92 bits per heavy atom. The molecule has 0 aliphatic carbocycles. The fraction of sp³-hybridized carbons (Fsp3) is 0.176. The van der Waals surface area contributed by atoms with E-state index in [9.17, 15) is 4.79 Å². The molecule has 4 aromatic rings. The van der Waals surface area contributed by atoms with Gasteiger partial charge >= 0.3 is 0 Å². The maximum atomic E-state index is 12.6. The van der Waals surface area contributed by atoms with Gasteiger partial charge in [-0.2, -0.15) is 13.7 Å². The number of aromatic nitrogens is 5. The molecule has 0 spiro atoms. The normalized spacial score (nSPS) is 14.5. The lowest BCUT2D eigenvalue weighted by molar-refractivity contribution is 0.0569. The molecule has 3 aromatic heterocycles. The molecule has 1 aliphatic heterocycles. The van der Waals surface area contributed by atoms with Crippen molar-refractivity contribution in [1.29, 1.82) is 0 Å². The predicted molar refractivity (Wildman–Crippen MR) is 93.6 cm³/mol. The van der Waals surface area contributed by atoms with Crippen molar-refractivity contribution in [3.8, 4) is 11.4 Å². The molecule has 1 amide bonds. The third kappa shape index (κ3) is 2.53. The van der Waals surface area contributed by atoms with Crippen LogP contribution in [0.3, 0.4) is 0 Å². The number of amides is 1. The summed E-state index contributed by atoms with van der Waals surface area (Å²) in [5.41, 5.74) is 2.97. The van der Waals surface area contributed by atoms with Gasteiger partial charge in [0.1, 0.15) is 11.0 Å². The number of carbonyl (C=O) groups excluding carboxylic acids is 1. The van der Waals surface area contributed by atoms with Crippen molar-refractivity contribution in [3.63, 3.8) is 0 Å². The SMILES string of the molecule is O=C(c1ccc2nsnc2c1)N1CC(c2nc(-c3cccnc3)no2)C1. The summed E-state index contributed by atoms with van der Waals surface area (Å²) >= 11 is 1.14. The Morgan fingerprint density at radius 1 is 1.19 bits per heavy atom. The van der Waals surface area contributed by atoms with E-state index in [0.29, 0.717) is 30.4 Å². The van der Waals surface area contributed by atoms with Gasteiger partial charge in [-0.15, -0.1) is 0 Å². The van der Waals surface area contributed by atoms with Crippen LogP contribution in [-0.2, 0) is 0 Å². The van der Waals surface area contributed by atoms with Gasteiger partial charge in [-0.1, -0.05) is 5.16 Å². The Bertz CT molecular complexity index is 1090. The van der Waals surface area contributed by atoms with Gasteiger partial charge in [-0.3, -0.25) is 9.78 Å². The summed E-state index contributed by atoms with van der Waals surface area (Å²) in [4.78, 5) is 22.8. The first-order chi connectivity index (χ1) is 12.8. The zero-order valence-electron chi connectivity index (χ0n) is 13.4. The molecular weight excluding hydrogens is 352 g/mol. The highest BCUT2D eigenvalue weighted by Crippen LogP contribution is 2.29. The highest BCUT2D eigenvalue weighted by Gasteiger charge is 2.36. The molecule has 8 nitrogen and oxygen atoms in total. The maximum absolute atomic E-state index is 12.6. The first-order valence-electron chi connectivity index (χ1n) is 8.03. The number of likely N-dealkylation sites (tertiary alicyclic amines) is 1. The Morgan fingerprint density at radius 2 is 2.08 bits per heavy atom. The molecule has 1 saturated heterocycles. The number of hydrogen-bond acceptors (Lipinski definition) is 8. The van der Waals surface area contributed by atoms with Gasteiger partial charge in [0.15, 0.2) is 0 Å². The van der Waals surface area contributed by atoms with Crippen LogP contribution in [0.5, 0.6) is 0 Å². The van der Waals surface area contributed by atoms with Gasteiger partial charge in [0.2, 0.25) is 11.7 Å². The molecule has 128 valence electrons. The maximum Gasteiger partial charge on any atom is 0.253 e. The van der Waals surface area contributed by atoms with Gasteiger partial charge in [0.05, 0.1) is 17.6 Å². The molecule has 4 heterocycles. The lowest BCUT2D eigenvalue weighted by Crippen LogP contribution is -2.48. The Balaban J connectivity index is 1.28. The average molecular weight is 364 g/mol. The third-order valence-corrected chi connectivity index (χ3v) is 4.94. The van der Waals surface area contributed by atoms with Gasteiger partial charge in [-0.25, -0.2) is 0 Å². The molecule has 0 radical (unpaired) electrons. The first kappa shape index (κ1) is 15.1. The predicted octanol–water partition coefficient (Wildman–Crippen LogP) is 2.38. The van der Waals surface area contributed by atoms with Crippen molar-refractivity contribution < 1.29 is 9.32 Å². The van der Waals surface area contributed by atoms with E-state index < -0.39 is 0 Å². The third-order valence-electron chi connectivity index (χ3n) is 4.38. The van der Waals surface area contributed by atoms with Crippen LogP contribution in [0.4, 0.5) is 0 Å². The molecule has 0 bridgehead atoms. The highest BCUT2D eigenvalue weighted by atomic mass is 32.1. The topological polar surface area (TPSA) is 97.9 Å². The van der Waals surface area contributed by atoms with E-state index in [1.165, 1.54) is 0 Å². The number of pyridine rings is 1. The smallest absolute Gasteiger partial charge is 0.253 e. The highest BCUT2D eigenvalue weighted by molar-refractivity contribution is 7.00. The van der Waals surface area contributed by atoms with Crippen LogP contribution in [0.25, 0.3) is 22.4 Å². The summed E-state index contributed by atoms with van der Waals surface area (Å²) in [7, 11) is 0. The lowest BCUT2D eigenvalue weighted by atomic mass is 9.98. The molecule has 0 saturated carbocycles. The van der Waals surface area contributed by atoms with E-state index in [1.807, 2.05) is 18.2 Å². The second kappa shape index (κ2) is 5.95. The van der Waals surface area contributed by atoms with Crippen LogP contribution in [0.2, 0.25) is 0 Å². The monoisotopic (exact) mass is 364 g/mol. The van der Waals surface area contributed by atoms with Gasteiger partial charge in [-0.05, 0) is 30.3 Å². The quantitative estimate of drug-likeness (QED) is 0.550. The summed E-state index contributed by atoms with van der Waals surface area (Å²) in [6.07, 6.45) is 3.38. The number of fused-ring (bicyclic) bond motifs is 1. The Kier molecular flexibility index (Phi) is 3.45. The molecule has 5 rings (SSSR count). The summed E-state index contributed by atoms with van der Waals surface area (Å²) < 4.78 is 13.7. The summed E-state index contributed by atoms with van der Waals surface area (Å²) in [5, 5.41) is 4.00.